The summed E-state index contributed by atoms with van der Waals surface area (Å²) in [6.07, 6.45) is 2.38. The molecule has 0 radical (unpaired) electrons. The van der Waals surface area contributed by atoms with E-state index < -0.39 is 0 Å². The van der Waals surface area contributed by atoms with Gasteiger partial charge >= 0.3 is 0 Å². The van der Waals surface area contributed by atoms with E-state index >= 15 is 0 Å². The van der Waals surface area contributed by atoms with Gasteiger partial charge in [0.05, 0.1) is 5.69 Å². The molecule has 1 saturated heterocycles. The first kappa shape index (κ1) is 18.3. The Hall–Kier alpha value is -2.11. The normalized spacial score (nSPS) is 19.0. The molecule has 2 aliphatic rings. The predicted octanol–water partition coefficient (Wildman–Crippen LogP) is 4.51. The molecular weight excluding hydrogens is 354 g/mol. The molecule has 0 spiro atoms. The van der Waals surface area contributed by atoms with Crippen LogP contribution in [0.3, 0.4) is 0 Å². The Morgan fingerprint density at radius 2 is 2.11 bits per heavy atom. The number of fused-ring (bicyclic) bond motifs is 2. The average Bonchev–Trinajstić information content (AvgIpc) is 3.09. The van der Waals surface area contributed by atoms with E-state index in [1.54, 1.807) is 11.8 Å². The highest BCUT2D eigenvalue weighted by molar-refractivity contribution is 7.99. The molecule has 0 saturated carbocycles. The van der Waals surface area contributed by atoms with E-state index in [0.717, 1.165) is 41.4 Å². The summed E-state index contributed by atoms with van der Waals surface area (Å²) in [6.45, 7) is 7.11. The summed E-state index contributed by atoms with van der Waals surface area (Å²) in [6, 6.07) is 14.6. The summed E-state index contributed by atoms with van der Waals surface area (Å²) >= 11 is 1.71. The van der Waals surface area contributed by atoms with Gasteiger partial charge in [0.2, 0.25) is 0 Å². The molecule has 2 aromatic carbocycles. The number of hydrogen-bond donors (Lipinski definition) is 1. The minimum absolute atomic E-state index is 0.0135. The monoisotopic (exact) mass is 379 g/mol. The zero-order valence-corrected chi connectivity index (χ0v) is 16.7. The van der Waals surface area contributed by atoms with Crippen molar-refractivity contribution in [2.24, 2.45) is 4.99 Å². The Balaban J connectivity index is 1.52. The van der Waals surface area contributed by atoms with Crippen molar-refractivity contribution in [3.63, 3.8) is 0 Å². The van der Waals surface area contributed by atoms with Crippen LogP contribution in [0, 0.1) is 0 Å². The molecule has 2 aliphatic heterocycles. The molecular formula is C22H25N3OS. The molecule has 1 amide bonds. The largest absolute Gasteiger partial charge is 0.350 e. The Kier molecular flexibility index (Phi) is 5.32. The van der Waals surface area contributed by atoms with E-state index in [-0.39, 0.29) is 5.91 Å². The smallest absolute Gasteiger partial charge is 0.251 e. The Morgan fingerprint density at radius 3 is 2.96 bits per heavy atom. The van der Waals surface area contributed by atoms with Crippen molar-refractivity contribution in [3.8, 4) is 0 Å². The van der Waals surface area contributed by atoms with Crippen molar-refractivity contribution in [1.29, 1.82) is 0 Å². The molecule has 0 aliphatic carbocycles. The summed E-state index contributed by atoms with van der Waals surface area (Å²) in [5.41, 5.74) is 3.69. The number of hydrogen-bond acceptors (Lipinski definition) is 4. The van der Waals surface area contributed by atoms with E-state index in [2.05, 4.69) is 35.3 Å². The van der Waals surface area contributed by atoms with Crippen molar-refractivity contribution in [2.75, 3.05) is 19.6 Å². The van der Waals surface area contributed by atoms with Gasteiger partial charge in [0.1, 0.15) is 0 Å². The second kappa shape index (κ2) is 7.87. The summed E-state index contributed by atoms with van der Waals surface area (Å²) < 4.78 is 0. The maximum Gasteiger partial charge on any atom is 0.251 e. The van der Waals surface area contributed by atoms with E-state index in [1.165, 1.54) is 11.3 Å². The SMILES string of the molecule is CCN1CCCC1CNC(=O)c1ccc2c(c1)N=C(C)c1ccccc1S2. The molecule has 0 aromatic heterocycles. The predicted molar refractivity (Wildman–Crippen MR) is 111 cm³/mol. The molecule has 5 heteroatoms. The number of likely N-dealkylation sites (tertiary alicyclic amines) is 1. The first-order valence-electron chi connectivity index (χ1n) is 9.64. The van der Waals surface area contributed by atoms with Crippen LogP contribution in [0.2, 0.25) is 0 Å². The second-order valence-corrected chi connectivity index (χ2v) is 8.20. The van der Waals surface area contributed by atoms with Crippen molar-refractivity contribution in [3.05, 3.63) is 53.6 Å². The standard InChI is InChI=1S/C22H25N3OS/c1-3-25-12-6-7-17(25)14-23-22(26)16-10-11-21-19(13-16)24-15(2)18-8-4-5-9-20(18)27-21/h4-5,8-11,13,17H,3,6-7,12,14H2,1-2H3,(H,23,26). The summed E-state index contributed by atoms with van der Waals surface area (Å²) in [5, 5.41) is 3.12. The zero-order valence-electron chi connectivity index (χ0n) is 15.9. The fraction of sp³-hybridized carbons (Fsp3) is 0.364. The number of carbonyl (C=O) groups is 1. The Bertz CT molecular complexity index is 893. The van der Waals surface area contributed by atoms with Crippen LogP contribution in [0.25, 0.3) is 0 Å². The lowest BCUT2D eigenvalue weighted by Crippen LogP contribution is -2.40. The van der Waals surface area contributed by atoms with Crippen LogP contribution in [0.1, 0.15) is 42.6 Å². The molecule has 4 rings (SSSR count). The van der Waals surface area contributed by atoms with E-state index in [9.17, 15) is 4.79 Å². The van der Waals surface area contributed by atoms with Crippen molar-refractivity contribution in [1.82, 2.24) is 10.2 Å². The van der Waals surface area contributed by atoms with Crippen LogP contribution < -0.4 is 5.32 Å². The third-order valence-corrected chi connectivity index (χ3v) is 6.55. The summed E-state index contributed by atoms with van der Waals surface area (Å²) in [7, 11) is 0. The van der Waals surface area contributed by atoms with Gasteiger partial charge in [0.25, 0.3) is 5.91 Å². The van der Waals surface area contributed by atoms with Gasteiger partial charge in [-0.05, 0) is 57.1 Å². The van der Waals surface area contributed by atoms with E-state index in [1.807, 2.05) is 31.2 Å². The van der Waals surface area contributed by atoms with Crippen LogP contribution in [-0.2, 0) is 0 Å². The highest BCUT2D eigenvalue weighted by atomic mass is 32.2. The number of carbonyl (C=O) groups excluding carboxylic acids is 1. The highest BCUT2D eigenvalue weighted by Gasteiger charge is 2.23. The minimum atomic E-state index is -0.0135. The van der Waals surface area contributed by atoms with Gasteiger partial charge in [0, 0.05) is 39.2 Å². The molecule has 0 bridgehead atoms. The van der Waals surface area contributed by atoms with E-state index in [0.29, 0.717) is 18.2 Å². The van der Waals surface area contributed by atoms with Gasteiger partial charge in [-0.25, -0.2) is 0 Å². The van der Waals surface area contributed by atoms with Crippen LogP contribution in [0.5, 0.6) is 0 Å². The number of nitrogens with zero attached hydrogens (tertiary/aromatic N) is 2. The second-order valence-electron chi connectivity index (χ2n) is 7.11. The van der Waals surface area contributed by atoms with Crippen molar-refractivity contribution < 1.29 is 4.79 Å². The van der Waals surface area contributed by atoms with Gasteiger partial charge in [0.15, 0.2) is 0 Å². The fourth-order valence-corrected chi connectivity index (χ4v) is 4.96. The van der Waals surface area contributed by atoms with Gasteiger partial charge in [-0.15, -0.1) is 0 Å². The number of rotatable bonds is 4. The third-order valence-electron chi connectivity index (χ3n) is 5.41. The van der Waals surface area contributed by atoms with Crippen LogP contribution in [0.15, 0.2) is 57.2 Å². The average molecular weight is 380 g/mol. The van der Waals surface area contributed by atoms with Crippen LogP contribution in [-0.4, -0.2) is 42.2 Å². The molecule has 1 N–H and O–H groups in total. The molecule has 2 aromatic rings. The zero-order chi connectivity index (χ0) is 18.8. The first-order valence-corrected chi connectivity index (χ1v) is 10.5. The molecule has 1 atom stereocenters. The summed E-state index contributed by atoms with van der Waals surface area (Å²) in [5.74, 6) is -0.0135. The summed E-state index contributed by atoms with van der Waals surface area (Å²) in [4.78, 5) is 22.2. The van der Waals surface area contributed by atoms with Crippen molar-refractivity contribution >= 4 is 29.1 Å². The maximum atomic E-state index is 12.7. The number of aliphatic imine (C=N–C) groups is 1. The lowest BCUT2D eigenvalue weighted by Gasteiger charge is -2.22. The molecule has 1 unspecified atom stereocenters. The minimum Gasteiger partial charge on any atom is -0.350 e. The molecule has 2 heterocycles. The number of amides is 1. The number of nitrogens with one attached hydrogen (secondary N) is 1. The Morgan fingerprint density at radius 1 is 1.26 bits per heavy atom. The van der Waals surface area contributed by atoms with Crippen molar-refractivity contribution in [2.45, 2.75) is 42.5 Å². The van der Waals surface area contributed by atoms with E-state index in [4.69, 9.17) is 4.99 Å². The molecule has 1 fully saturated rings. The quantitative estimate of drug-likeness (QED) is 0.850. The van der Waals surface area contributed by atoms with Gasteiger partial charge in [-0.3, -0.25) is 14.7 Å². The molecule has 4 nitrogen and oxygen atoms in total. The number of benzene rings is 2. The lowest BCUT2D eigenvalue weighted by atomic mass is 10.1. The first-order chi connectivity index (χ1) is 13.2. The fourth-order valence-electron chi connectivity index (χ4n) is 3.90. The van der Waals surface area contributed by atoms with Crippen LogP contribution >= 0.6 is 11.8 Å². The van der Waals surface area contributed by atoms with Gasteiger partial charge in [-0.1, -0.05) is 36.9 Å². The Labute approximate surface area is 165 Å². The number of likely N-dealkylation sites (N-methyl/N-ethyl adjacent to an activating group) is 1. The van der Waals surface area contributed by atoms with Gasteiger partial charge in [-0.2, -0.15) is 0 Å². The van der Waals surface area contributed by atoms with Crippen LogP contribution in [0.4, 0.5) is 5.69 Å². The third kappa shape index (κ3) is 3.80. The topological polar surface area (TPSA) is 44.7 Å². The maximum absolute atomic E-state index is 12.7. The molecule has 27 heavy (non-hydrogen) atoms. The highest BCUT2D eigenvalue weighted by Crippen LogP contribution is 2.40. The lowest BCUT2D eigenvalue weighted by molar-refractivity contribution is 0.0941. The molecule has 140 valence electrons. The van der Waals surface area contributed by atoms with Gasteiger partial charge < -0.3 is 5.32 Å².